The molecule has 0 heterocycles. The zero-order valence-electron chi connectivity index (χ0n) is 11.0. The zero-order valence-corrected chi connectivity index (χ0v) is 11.8. The third-order valence-corrected chi connectivity index (χ3v) is 3.03. The third-order valence-electron chi connectivity index (χ3n) is 2.89. The highest BCUT2D eigenvalue weighted by Crippen LogP contribution is 2.06. The zero-order chi connectivity index (χ0) is 14.4. The SMILES string of the molecule is NC(=S)Cc1ccc(C(=O)NCc2ccccc2)cc1. The molecule has 2 aromatic carbocycles. The monoisotopic (exact) mass is 284 g/mol. The lowest BCUT2D eigenvalue weighted by Gasteiger charge is -2.06. The molecule has 0 aliphatic rings. The van der Waals surface area contributed by atoms with E-state index < -0.39 is 0 Å². The lowest BCUT2D eigenvalue weighted by atomic mass is 10.1. The average Bonchev–Trinajstić information content (AvgIpc) is 2.46. The largest absolute Gasteiger partial charge is 0.393 e. The predicted octanol–water partition coefficient (Wildman–Crippen LogP) is 2.45. The van der Waals surface area contributed by atoms with Gasteiger partial charge in [0.1, 0.15) is 0 Å². The van der Waals surface area contributed by atoms with Crippen LogP contribution in [0.3, 0.4) is 0 Å². The van der Waals surface area contributed by atoms with E-state index in [1.165, 1.54) is 0 Å². The summed E-state index contributed by atoms with van der Waals surface area (Å²) in [6.45, 7) is 0.522. The molecule has 2 rings (SSSR count). The predicted molar refractivity (Wildman–Crippen MR) is 84.5 cm³/mol. The Kier molecular flexibility index (Phi) is 4.85. The first-order valence-corrected chi connectivity index (χ1v) is 6.75. The van der Waals surface area contributed by atoms with Crippen LogP contribution in [0, 0.1) is 0 Å². The fourth-order valence-corrected chi connectivity index (χ4v) is 2.02. The molecule has 0 spiro atoms. The van der Waals surface area contributed by atoms with Crippen molar-refractivity contribution in [2.75, 3.05) is 0 Å². The fourth-order valence-electron chi connectivity index (χ4n) is 1.86. The number of hydrogen-bond acceptors (Lipinski definition) is 2. The van der Waals surface area contributed by atoms with E-state index in [2.05, 4.69) is 5.32 Å². The lowest BCUT2D eigenvalue weighted by Crippen LogP contribution is -2.22. The molecule has 0 saturated heterocycles. The minimum Gasteiger partial charge on any atom is -0.393 e. The van der Waals surface area contributed by atoms with Gasteiger partial charge in [0.05, 0.1) is 4.99 Å². The van der Waals surface area contributed by atoms with Crippen molar-refractivity contribution in [1.29, 1.82) is 0 Å². The van der Waals surface area contributed by atoms with Gasteiger partial charge in [-0.2, -0.15) is 0 Å². The molecular weight excluding hydrogens is 268 g/mol. The molecule has 0 radical (unpaired) electrons. The van der Waals surface area contributed by atoms with Crippen LogP contribution in [0.1, 0.15) is 21.5 Å². The molecule has 2 aromatic rings. The first-order valence-electron chi connectivity index (χ1n) is 6.34. The highest BCUT2D eigenvalue weighted by molar-refractivity contribution is 7.80. The summed E-state index contributed by atoms with van der Waals surface area (Å²) in [5.41, 5.74) is 8.20. The fraction of sp³-hybridized carbons (Fsp3) is 0.125. The molecule has 3 N–H and O–H groups in total. The highest BCUT2D eigenvalue weighted by atomic mass is 32.1. The van der Waals surface area contributed by atoms with Crippen molar-refractivity contribution in [3.05, 3.63) is 71.3 Å². The minimum absolute atomic E-state index is 0.0873. The standard InChI is InChI=1S/C16H16N2OS/c17-15(20)10-12-6-8-14(9-7-12)16(19)18-11-13-4-2-1-3-5-13/h1-9H,10-11H2,(H2,17,20)(H,18,19). The van der Waals surface area contributed by atoms with Gasteiger partial charge in [-0.1, -0.05) is 54.7 Å². The van der Waals surface area contributed by atoms with E-state index in [-0.39, 0.29) is 5.91 Å². The molecule has 0 bridgehead atoms. The maximum absolute atomic E-state index is 12.0. The normalized spacial score (nSPS) is 10.0. The summed E-state index contributed by atoms with van der Waals surface area (Å²) in [6.07, 6.45) is 0.557. The van der Waals surface area contributed by atoms with E-state index >= 15 is 0 Å². The van der Waals surface area contributed by atoms with Crippen LogP contribution in [-0.4, -0.2) is 10.9 Å². The Hall–Kier alpha value is -2.20. The van der Waals surface area contributed by atoms with Gasteiger partial charge in [0.15, 0.2) is 0 Å². The molecule has 20 heavy (non-hydrogen) atoms. The molecule has 0 atom stereocenters. The number of nitrogens with two attached hydrogens (primary N) is 1. The van der Waals surface area contributed by atoms with Crippen molar-refractivity contribution < 1.29 is 4.79 Å². The second-order valence-corrected chi connectivity index (χ2v) is 5.03. The Bertz CT molecular complexity index is 594. The van der Waals surface area contributed by atoms with Gasteiger partial charge >= 0.3 is 0 Å². The van der Waals surface area contributed by atoms with Crippen molar-refractivity contribution in [3.8, 4) is 0 Å². The number of rotatable bonds is 5. The summed E-state index contributed by atoms with van der Waals surface area (Å²) >= 11 is 4.86. The number of carbonyl (C=O) groups excluding carboxylic acids is 1. The van der Waals surface area contributed by atoms with E-state index in [9.17, 15) is 4.79 Å². The van der Waals surface area contributed by atoms with E-state index in [4.69, 9.17) is 18.0 Å². The van der Waals surface area contributed by atoms with Crippen LogP contribution < -0.4 is 11.1 Å². The summed E-state index contributed by atoms with van der Waals surface area (Å²) in [4.78, 5) is 12.4. The molecule has 0 aromatic heterocycles. The number of carbonyl (C=O) groups is 1. The van der Waals surface area contributed by atoms with Crippen LogP contribution in [0.15, 0.2) is 54.6 Å². The topological polar surface area (TPSA) is 55.1 Å². The molecular formula is C16H16N2OS. The molecule has 0 aliphatic carbocycles. The second kappa shape index (κ2) is 6.82. The van der Waals surface area contributed by atoms with Crippen molar-refractivity contribution in [3.63, 3.8) is 0 Å². The highest BCUT2D eigenvalue weighted by Gasteiger charge is 2.05. The van der Waals surface area contributed by atoms with E-state index in [0.29, 0.717) is 23.5 Å². The van der Waals surface area contributed by atoms with Crippen LogP contribution >= 0.6 is 12.2 Å². The van der Waals surface area contributed by atoms with Gasteiger partial charge in [-0.25, -0.2) is 0 Å². The Balaban J connectivity index is 1.94. The van der Waals surface area contributed by atoms with Gasteiger partial charge in [0, 0.05) is 18.5 Å². The van der Waals surface area contributed by atoms with Crippen LogP contribution in [0.5, 0.6) is 0 Å². The molecule has 102 valence electrons. The summed E-state index contributed by atoms with van der Waals surface area (Å²) in [5.74, 6) is -0.0873. The number of benzene rings is 2. The first kappa shape index (κ1) is 14.2. The van der Waals surface area contributed by atoms with E-state index in [1.54, 1.807) is 12.1 Å². The molecule has 4 heteroatoms. The number of thiocarbonyl (C=S) groups is 1. The van der Waals surface area contributed by atoms with Crippen molar-refractivity contribution >= 4 is 23.1 Å². The molecule has 0 aliphatic heterocycles. The summed E-state index contributed by atoms with van der Waals surface area (Å²) in [5, 5.41) is 2.89. The van der Waals surface area contributed by atoms with Gasteiger partial charge < -0.3 is 11.1 Å². The number of amides is 1. The molecule has 1 amide bonds. The molecule has 0 saturated carbocycles. The Labute approximate surface area is 123 Å². The van der Waals surface area contributed by atoms with Crippen LogP contribution in [-0.2, 0) is 13.0 Å². The van der Waals surface area contributed by atoms with E-state index in [0.717, 1.165) is 11.1 Å². The van der Waals surface area contributed by atoms with Crippen molar-refractivity contribution in [2.45, 2.75) is 13.0 Å². The van der Waals surface area contributed by atoms with Crippen molar-refractivity contribution in [2.24, 2.45) is 5.73 Å². The molecule has 0 fully saturated rings. The summed E-state index contributed by atoms with van der Waals surface area (Å²) in [7, 11) is 0. The Morgan fingerprint density at radius 2 is 1.65 bits per heavy atom. The van der Waals surface area contributed by atoms with Crippen molar-refractivity contribution in [1.82, 2.24) is 5.32 Å². The Morgan fingerprint density at radius 3 is 2.25 bits per heavy atom. The minimum atomic E-state index is -0.0873. The van der Waals surface area contributed by atoms with Gasteiger partial charge in [0.2, 0.25) is 0 Å². The van der Waals surface area contributed by atoms with Crippen LogP contribution in [0.25, 0.3) is 0 Å². The first-order chi connectivity index (χ1) is 9.65. The number of hydrogen-bond donors (Lipinski definition) is 2. The van der Waals surface area contributed by atoms with Gasteiger partial charge in [-0.15, -0.1) is 0 Å². The van der Waals surface area contributed by atoms with Gasteiger partial charge in [0.25, 0.3) is 5.91 Å². The van der Waals surface area contributed by atoms with Gasteiger partial charge in [-0.05, 0) is 23.3 Å². The summed E-state index contributed by atoms with van der Waals surface area (Å²) < 4.78 is 0. The maximum Gasteiger partial charge on any atom is 0.251 e. The number of nitrogens with one attached hydrogen (secondary N) is 1. The smallest absolute Gasteiger partial charge is 0.251 e. The molecule has 0 unspecified atom stereocenters. The lowest BCUT2D eigenvalue weighted by molar-refractivity contribution is 0.0951. The average molecular weight is 284 g/mol. The second-order valence-electron chi connectivity index (χ2n) is 4.51. The van der Waals surface area contributed by atoms with Crippen LogP contribution in [0.4, 0.5) is 0 Å². The Morgan fingerprint density at radius 1 is 1.00 bits per heavy atom. The molecule has 3 nitrogen and oxygen atoms in total. The quantitative estimate of drug-likeness (QED) is 0.829. The van der Waals surface area contributed by atoms with Gasteiger partial charge in [-0.3, -0.25) is 4.79 Å². The summed E-state index contributed by atoms with van der Waals surface area (Å²) in [6, 6.07) is 17.1. The maximum atomic E-state index is 12.0. The third kappa shape index (κ3) is 4.17. The van der Waals surface area contributed by atoms with Crippen LogP contribution in [0.2, 0.25) is 0 Å². The van der Waals surface area contributed by atoms with E-state index in [1.807, 2.05) is 42.5 Å².